The number of ketones is 1. The number of carbonyl (C=O) groups is 1. The second-order valence-corrected chi connectivity index (χ2v) is 7.28. The van der Waals surface area contributed by atoms with Crippen LogP contribution in [0, 0.1) is 6.92 Å². The average Bonchev–Trinajstić information content (AvgIpc) is 2.60. The van der Waals surface area contributed by atoms with Crippen molar-refractivity contribution in [2.45, 2.75) is 31.7 Å². The van der Waals surface area contributed by atoms with Gasteiger partial charge in [0.15, 0.2) is 5.78 Å². The van der Waals surface area contributed by atoms with Crippen molar-refractivity contribution >= 4 is 28.4 Å². The first kappa shape index (κ1) is 16.7. The lowest BCUT2D eigenvalue weighted by Crippen LogP contribution is -2.03. The van der Waals surface area contributed by atoms with Crippen LogP contribution < -0.4 is 0 Å². The lowest BCUT2D eigenvalue weighted by molar-refractivity contribution is 0.102. The Bertz CT molecular complexity index is 869. The molecule has 0 fully saturated rings. The van der Waals surface area contributed by atoms with Gasteiger partial charge in [-0.05, 0) is 36.1 Å². The lowest BCUT2D eigenvalue weighted by Gasteiger charge is -2.07. The summed E-state index contributed by atoms with van der Waals surface area (Å²) in [6.45, 7) is 6.39. The monoisotopic (exact) mass is 335 g/mol. The zero-order valence-electron chi connectivity index (χ0n) is 14.2. The first-order chi connectivity index (χ1) is 11.5. The summed E-state index contributed by atoms with van der Waals surface area (Å²) in [7, 11) is 0. The SMILES string of the molecule is Cc1cc(SCC(=O)c2ccc(C(C)C)cc2)nc2ccccc12. The number of benzene rings is 2. The number of carbonyl (C=O) groups excluding carboxylic acids is 1. The van der Waals surface area contributed by atoms with Crippen LogP contribution in [0.15, 0.2) is 59.6 Å². The van der Waals surface area contributed by atoms with Gasteiger partial charge in [-0.25, -0.2) is 4.98 Å². The van der Waals surface area contributed by atoms with Crippen molar-refractivity contribution < 1.29 is 4.79 Å². The summed E-state index contributed by atoms with van der Waals surface area (Å²) in [5.41, 5.74) is 4.20. The Hall–Kier alpha value is -2.13. The quantitative estimate of drug-likeness (QED) is 0.446. The maximum absolute atomic E-state index is 12.4. The predicted octanol–water partition coefficient (Wildman–Crippen LogP) is 5.64. The van der Waals surface area contributed by atoms with Gasteiger partial charge in [-0.2, -0.15) is 0 Å². The van der Waals surface area contributed by atoms with E-state index in [4.69, 9.17) is 0 Å². The molecule has 0 spiro atoms. The summed E-state index contributed by atoms with van der Waals surface area (Å²) in [5.74, 6) is 1.03. The standard InChI is InChI=1S/C21H21NOS/c1-14(2)16-8-10-17(11-9-16)20(23)13-24-21-12-15(3)18-6-4-5-7-19(18)22-21/h4-12,14H,13H2,1-3H3. The van der Waals surface area contributed by atoms with E-state index in [-0.39, 0.29) is 5.78 Å². The normalized spacial score (nSPS) is 11.2. The topological polar surface area (TPSA) is 30.0 Å². The molecular weight excluding hydrogens is 314 g/mol. The fraction of sp³-hybridized carbons (Fsp3) is 0.238. The van der Waals surface area contributed by atoms with E-state index in [0.717, 1.165) is 21.5 Å². The van der Waals surface area contributed by atoms with Crippen LogP contribution in [0.25, 0.3) is 10.9 Å². The van der Waals surface area contributed by atoms with E-state index in [1.807, 2.05) is 42.5 Å². The Labute approximate surface area is 147 Å². The van der Waals surface area contributed by atoms with E-state index in [1.54, 1.807) is 0 Å². The van der Waals surface area contributed by atoms with Crippen LogP contribution in [0.2, 0.25) is 0 Å². The van der Waals surface area contributed by atoms with Gasteiger partial charge in [0.1, 0.15) is 0 Å². The van der Waals surface area contributed by atoms with E-state index in [2.05, 4.69) is 37.9 Å². The molecule has 0 bridgehead atoms. The van der Waals surface area contributed by atoms with Gasteiger partial charge in [0, 0.05) is 10.9 Å². The molecule has 24 heavy (non-hydrogen) atoms. The minimum absolute atomic E-state index is 0.142. The molecule has 2 nitrogen and oxygen atoms in total. The molecule has 122 valence electrons. The molecule has 0 aliphatic rings. The molecule has 3 heteroatoms. The molecule has 0 aliphatic heterocycles. The summed E-state index contributed by atoms with van der Waals surface area (Å²) in [6.07, 6.45) is 0. The number of rotatable bonds is 5. The lowest BCUT2D eigenvalue weighted by atomic mass is 10.0. The van der Waals surface area contributed by atoms with Gasteiger partial charge in [0.05, 0.1) is 16.3 Å². The summed E-state index contributed by atoms with van der Waals surface area (Å²) in [5, 5.41) is 2.07. The Morgan fingerprint density at radius 2 is 1.79 bits per heavy atom. The average molecular weight is 335 g/mol. The van der Waals surface area contributed by atoms with Crippen molar-refractivity contribution in [3.8, 4) is 0 Å². The van der Waals surface area contributed by atoms with Gasteiger partial charge >= 0.3 is 0 Å². The number of thioether (sulfide) groups is 1. The van der Waals surface area contributed by atoms with Crippen LogP contribution >= 0.6 is 11.8 Å². The fourth-order valence-electron chi connectivity index (χ4n) is 2.67. The Morgan fingerprint density at radius 3 is 2.50 bits per heavy atom. The highest BCUT2D eigenvalue weighted by molar-refractivity contribution is 7.99. The predicted molar refractivity (Wildman–Crippen MR) is 102 cm³/mol. The van der Waals surface area contributed by atoms with E-state index in [9.17, 15) is 4.79 Å². The molecule has 0 atom stereocenters. The maximum atomic E-state index is 12.4. The summed E-state index contributed by atoms with van der Waals surface area (Å²) >= 11 is 1.50. The molecule has 0 saturated heterocycles. The Balaban J connectivity index is 1.72. The van der Waals surface area contributed by atoms with Crippen LogP contribution in [0.5, 0.6) is 0 Å². The number of fused-ring (bicyclic) bond motifs is 1. The van der Waals surface area contributed by atoms with Crippen molar-refractivity contribution in [3.63, 3.8) is 0 Å². The van der Waals surface area contributed by atoms with Gasteiger partial charge in [-0.3, -0.25) is 4.79 Å². The molecule has 0 aliphatic carbocycles. The summed E-state index contributed by atoms with van der Waals surface area (Å²) < 4.78 is 0. The Kier molecular flexibility index (Phi) is 5.00. The zero-order chi connectivity index (χ0) is 17.1. The third-order valence-electron chi connectivity index (χ3n) is 4.15. The number of aromatic nitrogens is 1. The smallest absolute Gasteiger partial charge is 0.173 e. The molecule has 0 saturated carbocycles. The van der Waals surface area contributed by atoms with Gasteiger partial charge in [0.25, 0.3) is 0 Å². The van der Waals surface area contributed by atoms with E-state index >= 15 is 0 Å². The van der Waals surface area contributed by atoms with Crippen LogP contribution in [0.3, 0.4) is 0 Å². The molecule has 1 aromatic heterocycles. The minimum atomic E-state index is 0.142. The number of Topliss-reactive ketones (excluding diaryl/α,β-unsaturated/α-hetero) is 1. The van der Waals surface area contributed by atoms with Crippen molar-refractivity contribution in [2.24, 2.45) is 0 Å². The van der Waals surface area contributed by atoms with Gasteiger partial charge in [0.2, 0.25) is 0 Å². The molecule has 0 N–H and O–H groups in total. The number of para-hydroxylation sites is 1. The van der Waals surface area contributed by atoms with Crippen LogP contribution in [0.4, 0.5) is 0 Å². The number of pyridine rings is 1. The largest absolute Gasteiger partial charge is 0.293 e. The van der Waals surface area contributed by atoms with Crippen molar-refractivity contribution in [1.82, 2.24) is 4.98 Å². The zero-order valence-corrected chi connectivity index (χ0v) is 15.1. The first-order valence-corrected chi connectivity index (χ1v) is 9.15. The van der Waals surface area contributed by atoms with E-state index in [1.165, 1.54) is 22.9 Å². The van der Waals surface area contributed by atoms with Crippen LogP contribution in [-0.2, 0) is 0 Å². The summed E-state index contributed by atoms with van der Waals surface area (Å²) in [4.78, 5) is 17.0. The van der Waals surface area contributed by atoms with Gasteiger partial charge in [-0.15, -0.1) is 0 Å². The second kappa shape index (κ2) is 7.18. The van der Waals surface area contributed by atoms with Crippen LogP contribution in [0.1, 0.15) is 41.3 Å². The molecule has 0 unspecified atom stereocenters. The summed E-state index contributed by atoms with van der Waals surface area (Å²) in [6, 6.07) is 18.1. The number of hydrogen-bond donors (Lipinski definition) is 0. The number of nitrogens with zero attached hydrogens (tertiary/aromatic N) is 1. The number of hydrogen-bond acceptors (Lipinski definition) is 3. The highest BCUT2D eigenvalue weighted by Crippen LogP contribution is 2.24. The molecule has 2 aromatic carbocycles. The van der Waals surface area contributed by atoms with E-state index in [0.29, 0.717) is 11.7 Å². The molecular formula is C21H21NOS. The maximum Gasteiger partial charge on any atom is 0.173 e. The highest BCUT2D eigenvalue weighted by atomic mass is 32.2. The van der Waals surface area contributed by atoms with Crippen molar-refractivity contribution in [1.29, 1.82) is 0 Å². The number of aryl methyl sites for hydroxylation is 1. The van der Waals surface area contributed by atoms with E-state index < -0.39 is 0 Å². The molecule has 3 aromatic rings. The van der Waals surface area contributed by atoms with Crippen LogP contribution in [-0.4, -0.2) is 16.5 Å². The van der Waals surface area contributed by atoms with Crippen molar-refractivity contribution in [2.75, 3.05) is 5.75 Å². The highest BCUT2D eigenvalue weighted by Gasteiger charge is 2.09. The first-order valence-electron chi connectivity index (χ1n) is 8.17. The Morgan fingerprint density at radius 1 is 1.08 bits per heavy atom. The van der Waals surface area contributed by atoms with Gasteiger partial charge < -0.3 is 0 Å². The minimum Gasteiger partial charge on any atom is -0.293 e. The third kappa shape index (κ3) is 3.68. The third-order valence-corrected chi connectivity index (χ3v) is 5.06. The molecule has 1 heterocycles. The molecule has 3 rings (SSSR count). The molecule has 0 amide bonds. The van der Waals surface area contributed by atoms with Crippen molar-refractivity contribution in [3.05, 3.63) is 71.3 Å². The van der Waals surface area contributed by atoms with Gasteiger partial charge in [-0.1, -0.05) is 68.1 Å². The second-order valence-electron chi connectivity index (χ2n) is 6.28. The fourth-order valence-corrected chi connectivity index (χ4v) is 3.54. The molecule has 0 radical (unpaired) electrons.